The summed E-state index contributed by atoms with van der Waals surface area (Å²) in [5.74, 6) is -1.61. The van der Waals surface area contributed by atoms with Gasteiger partial charge in [-0.05, 0) is 11.1 Å². The van der Waals surface area contributed by atoms with Gasteiger partial charge >= 0.3 is 18.1 Å². The van der Waals surface area contributed by atoms with Crippen LogP contribution in [0.1, 0.15) is 31.4 Å². The van der Waals surface area contributed by atoms with Crippen LogP contribution < -0.4 is 0 Å². The number of carbonyl (C=O) groups excluding carboxylic acids is 2. The predicted molar refractivity (Wildman–Crippen MR) is 117 cm³/mol. The lowest BCUT2D eigenvalue weighted by atomic mass is 9.91. The first-order valence-electron chi connectivity index (χ1n) is 10.9. The van der Waals surface area contributed by atoms with Gasteiger partial charge in [0.1, 0.15) is 11.7 Å². The molecule has 0 unspecified atom stereocenters. The molecular formula is C25H27F3O7. The molecule has 35 heavy (non-hydrogen) atoms. The lowest BCUT2D eigenvalue weighted by molar-refractivity contribution is -0.245. The van der Waals surface area contributed by atoms with Gasteiger partial charge in [0, 0.05) is 13.8 Å². The molecule has 0 bridgehead atoms. The van der Waals surface area contributed by atoms with Crippen molar-refractivity contribution in [2.75, 3.05) is 6.61 Å². The normalized spacial score (nSPS) is 24.2. The Labute approximate surface area is 201 Å². The first-order chi connectivity index (χ1) is 16.6. The summed E-state index contributed by atoms with van der Waals surface area (Å²) in [5, 5.41) is 0. The second-order valence-electron chi connectivity index (χ2n) is 8.22. The van der Waals surface area contributed by atoms with Gasteiger partial charge in [-0.15, -0.1) is 0 Å². The fourth-order valence-corrected chi connectivity index (χ4v) is 3.94. The van der Waals surface area contributed by atoms with E-state index in [0.717, 1.165) is 19.4 Å². The zero-order valence-electron chi connectivity index (χ0n) is 19.3. The van der Waals surface area contributed by atoms with Gasteiger partial charge < -0.3 is 23.7 Å². The topological polar surface area (TPSA) is 80.3 Å². The van der Waals surface area contributed by atoms with E-state index >= 15 is 0 Å². The van der Waals surface area contributed by atoms with Crippen molar-refractivity contribution < 1.29 is 46.4 Å². The lowest BCUT2D eigenvalue weighted by Crippen LogP contribution is -2.52. The van der Waals surface area contributed by atoms with Crippen LogP contribution in [0.5, 0.6) is 0 Å². The van der Waals surface area contributed by atoms with E-state index in [4.69, 9.17) is 23.7 Å². The Morgan fingerprint density at radius 2 is 1.43 bits per heavy atom. The number of carbonyl (C=O) groups is 2. The van der Waals surface area contributed by atoms with Gasteiger partial charge in [0.2, 0.25) is 6.29 Å². The van der Waals surface area contributed by atoms with Crippen LogP contribution in [0.4, 0.5) is 13.2 Å². The zero-order valence-corrected chi connectivity index (χ0v) is 19.3. The summed E-state index contributed by atoms with van der Waals surface area (Å²) in [6.45, 7) is 1.51. The predicted octanol–water partition coefficient (Wildman–Crippen LogP) is 4.33. The molecule has 2 aromatic carbocycles. The van der Waals surface area contributed by atoms with Gasteiger partial charge in [0.05, 0.1) is 26.2 Å². The van der Waals surface area contributed by atoms with Crippen molar-refractivity contribution in [2.24, 2.45) is 0 Å². The zero-order chi connectivity index (χ0) is 25.5. The number of hydrogen-bond donors (Lipinski definition) is 0. The minimum absolute atomic E-state index is 0.00563. The highest BCUT2D eigenvalue weighted by atomic mass is 19.4. The summed E-state index contributed by atoms with van der Waals surface area (Å²) in [6, 6.07) is 17.6. The van der Waals surface area contributed by atoms with Gasteiger partial charge in [-0.25, -0.2) is 0 Å². The summed E-state index contributed by atoms with van der Waals surface area (Å²) < 4.78 is 69.1. The van der Waals surface area contributed by atoms with E-state index < -0.39 is 55.2 Å². The van der Waals surface area contributed by atoms with Gasteiger partial charge in [-0.1, -0.05) is 60.7 Å². The third kappa shape index (κ3) is 7.78. The highest BCUT2D eigenvalue weighted by Crippen LogP contribution is 2.44. The molecule has 1 fully saturated rings. The Kier molecular flexibility index (Phi) is 8.87. The summed E-state index contributed by atoms with van der Waals surface area (Å²) >= 11 is 0. The number of ether oxygens (including phenoxy) is 5. The molecule has 0 N–H and O–H groups in total. The Morgan fingerprint density at radius 3 is 1.94 bits per heavy atom. The Morgan fingerprint density at radius 1 is 0.886 bits per heavy atom. The minimum atomic E-state index is -4.70. The molecule has 0 saturated carbocycles. The van der Waals surface area contributed by atoms with E-state index in [2.05, 4.69) is 0 Å². The minimum Gasteiger partial charge on any atom is -0.453 e. The molecule has 0 aromatic heterocycles. The van der Waals surface area contributed by atoms with Crippen LogP contribution in [0, 0.1) is 0 Å². The maximum absolute atomic E-state index is 13.8. The van der Waals surface area contributed by atoms with E-state index in [1.54, 1.807) is 60.7 Å². The standard InChI is InChI=1S/C25H27F3O7/c1-17(29)33-21-22(32-14-20-11-7-4-8-12-20)24(15-25(26,27)28,35-23(21)34-18(2)30)16-31-13-19-9-5-3-6-10-19/h3-12,21-23H,13-16H2,1-2H3/t21-,22+,23+,24-/m1/s1. The number of esters is 2. The van der Waals surface area contributed by atoms with E-state index in [9.17, 15) is 22.8 Å². The molecule has 0 aliphatic carbocycles. The van der Waals surface area contributed by atoms with Crippen molar-refractivity contribution in [3.05, 3.63) is 71.8 Å². The van der Waals surface area contributed by atoms with Crippen molar-refractivity contribution in [2.45, 2.75) is 63.8 Å². The summed E-state index contributed by atoms with van der Waals surface area (Å²) in [4.78, 5) is 23.5. The molecule has 4 atom stereocenters. The van der Waals surface area contributed by atoms with E-state index in [1.165, 1.54) is 0 Å². The quantitative estimate of drug-likeness (QED) is 0.453. The molecule has 2 aromatic rings. The SMILES string of the molecule is CC(=O)O[C@H]1O[C@@](COCc2ccccc2)(CC(F)(F)F)[C@@H](OCc2ccccc2)[C@H]1OC(C)=O. The number of halogens is 3. The third-order valence-corrected chi connectivity index (χ3v) is 5.25. The number of rotatable bonds is 10. The summed E-state index contributed by atoms with van der Waals surface area (Å²) in [6.07, 6.45) is -10.7. The molecule has 1 aliphatic rings. The fraction of sp³-hybridized carbons (Fsp3) is 0.440. The number of benzene rings is 2. The van der Waals surface area contributed by atoms with Gasteiger partial charge in [0.25, 0.3) is 0 Å². The smallest absolute Gasteiger partial charge is 0.392 e. The van der Waals surface area contributed by atoms with Crippen LogP contribution >= 0.6 is 0 Å². The lowest BCUT2D eigenvalue weighted by Gasteiger charge is -2.35. The average molecular weight is 496 g/mol. The molecule has 1 aliphatic heterocycles. The Bertz CT molecular complexity index is 968. The van der Waals surface area contributed by atoms with Crippen LogP contribution in [0.15, 0.2) is 60.7 Å². The molecule has 0 radical (unpaired) electrons. The first kappa shape index (κ1) is 26.7. The van der Waals surface area contributed by atoms with E-state index in [-0.39, 0.29) is 13.2 Å². The van der Waals surface area contributed by atoms with Crippen LogP contribution in [-0.2, 0) is 46.5 Å². The monoisotopic (exact) mass is 496 g/mol. The molecule has 190 valence electrons. The van der Waals surface area contributed by atoms with Gasteiger partial charge in [-0.3, -0.25) is 9.59 Å². The Balaban J connectivity index is 1.94. The van der Waals surface area contributed by atoms with Crippen LogP contribution in [0.2, 0.25) is 0 Å². The van der Waals surface area contributed by atoms with Gasteiger partial charge in [0.15, 0.2) is 6.10 Å². The maximum atomic E-state index is 13.8. The van der Waals surface area contributed by atoms with Crippen molar-refractivity contribution in [3.63, 3.8) is 0 Å². The molecular weight excluding hydrogens is 469 g/mol. The largest absolute Gasteiger partial charge is 0.453 e. The molecule has 1 heterocycles. The summed E-state index contributed by atoms with van der Waals surface area (Å²) in [7, 11) is 0. The van der Waals surface area contributed by atoms with Crippen molar-refractivity contribution in [1.29, 1.82) is 0 Å². The van der Waals surface area contributed by atoms with Crippen LogP contribution in [0.3, 0.4) is 0 Å². The van der Waals surface area contributed by atoms with Crippen molar-refractivity contribution in [1.82, 2.24) is 0 Å². The maximum Gasteiger partial charge on any atom is 0.392 e. The molecule has 7 nitrogen and oxygen atoms in total. The van der Waals surface area contributed by atoms with Crippen LogP contribution in [-0.4, -0.2) is 48.8 Å². The second-order valence-corrected chi connectivity index (χ2v) is 8.22. The Hall–Kier alpha value is -2.95. The van der Waals surface area contributed by atoms with Crippen molar-refractivity contribution in [3.8, 4) is 0 Å². The number of alkyl halides is 3. The molecule has 0 amide bonds. The third-order valence-electron chi connectivity index (χ3n) is 5.25. The van der Waals surface area contributed by atoms with Crippen LogP contribution in [0.25, 0.3) is 0 Å². The second kappa shape index (κ2) is 11.7. The fourth-order valence-electron chi connectivity index (χ4n) is 3.94. The highest BCUT2D eigenvalue weighted by molar-refractivity contribution is 5.67. The van der Waals surface area contributed by atoms with Gasteiger partial charge in [-0.2, -0.15) is 13.2 Å². The first-order valence-corrected chi connectivity index (χ1v) is 10.9. The number of hydrogen-bond acceptors (Lipinski definition) is 7. The molecule has 3 rings (SSSR count). The van der Waals surface area contributed by atoms with E-state index in [0.29, 0.717) is 5.56 Å². The highest BCUT2D eigenvalue weighted by Gasteiger charge is 2.62. The molecule has 0 spiro atoms. The molecule has 1 saturated heterocycles. The molecule has 10 heteroatoms. The van der Waals surface area contributed by atoms with Crippen molar-refractivity contribution >= 4 is 11.9 Å². The van der Waals surface area contributed by atoms with E-state index in [1.807, 2.05) is 0 Å². The summed E-state index contributed by atoms with van der Waals surface area (Å²) in [5.41, 5.74) is -0.735. The average Bonchev–Trinajstić information content (AvgIpc) is 3.03.